The number of hydrogen-bond donors (Lipinski definition) is 2. The molecule has 1 rings (SSSR count). The zero-order valence-electron chi connectivity index (χ0n) is 12.1. The molecule has 0 bridgehead atoms. The second-order valence-electron chi connectivity index (χ2n) is 4.64. The largest absolute Gasteiger partial charge is 0.409 e. The van der Waals surface area contributed by atoms with Gasteiger partial charge >= 0.3 is 0 Å². The van der Waals surface area contributed by atoms with E-state index in [1.165, 1.54) is 0 Å². The van der Waals surface area contributed by atoms with E-state index in [1.54, 1.807) is 7.11 Å². The highest BCUT2D eigenvalue weighted by atomic mass is 16.5. The van der Waals surface area contributed by atoms with Crippen molar-refractivity contribution in [2.45, 2.75) is 26.8 Å². The summed E-state index contributed by atoms with van der Waals surface area (Å²) in [6, 6.07) is 2.09. The van der Waals surface area contributed by atoms with E-state index in [-0.39, 0.29) is 11.9 Å². The van der Waals surface area contributed by atoms with E-state index in [0.29, 0.717) is 12.2 Å². The Morgan fingerprint density at radius 1 is 1.58 bits per heavy atom. The fourth-order valence-electron chi connectivity index (χ4n) is 2.04. The highest BCUT2D eigenvalue weighted by molar-refractivity contribution is 6.03. The van der Waals surface area contributed by atoms with Crippen molar-refractivity contribution in [2.24, 2.45) is 10.9 Å². The summed E-state index contributed by atoms with van der Waals surface area (Å²) in [5.74, 6) is 0.0662. The first-order chi connectivity index (χ1) is 8.92. The average Bonchev–Trinajstić information content (AvgIpc) is 2.36. The molecule has 0 aliphatic carbocycles. The number of nitrogens with two attached hydrogens (primary N) is 1. The minimum Gasteiger partial charge on any atom is -0.409 e. The highest BCUT2D eigenvalue weighted by Gasteiger charge is 2.19. The number of nitrogens with zero attached hydrogens (tertiary/aromatic N) is 3. The standard InChI is InChI=1S/C13H22N4O2/c1-8-6-11(17(4)9(2)7-19-5)12(10(3)15-8)13(14)16-18/h6,9,18H,7H2,1-5H3,(H2,14,16). The maximum atomic E-state index is 8.92. The molecule has 6 nitrogen and oxygen atoms in total. The van der Waals surface area contributed by atoms with Gasteiger partial charge in [-0.15, -0.1) is 0 Å². The summed E-state index contributed by atoms with van der Waals surface area (Å²) in [7, 11) is 3.61. The van der Waals surface area contributed by atoms with Gasteiger partial charge in [-0.25, -0.2) is 0 Å². The van der Waals surface area contributed by atoms with Crippen LogP contribution in [0, 0.1) is 13.8 Å². The molecule has 0 fully saturated rings. The van der Waals surface area contributed by atoms with Crippen LogP contribution >= 0.6 is 0 Å². The van der Waals surface area contributed by atoms with Gasteiger partial charge in [0.05, 0.1) is 23.6 Å². The van der Waals surface area contributed by atoms with E-state index in [1.807, 2.05) is 38.8 Å². The van der Waals surface area contributed by atoms with Crippen molar-refractivity contribution < 1.29 is 9.94 Å². The predicted molar refractivity (Wildman–Crippen MR) is 76.0 cm³/mol. The van der Waals surface area contributed by atoms with Crippen molar-refractivity contribution in [3.8, 4) is 0 Å². The monoisotopic (exact) mass is 266 g/mol. The lowest BCUT2D eigenvalue weighted by molar-refractivity contribution is 0.183. The zero-order chi connectivity index (χ0) is 14.6. The average molecular weight is 266 g/mol. The van der Waals surface area contributed by atoms with Crippen LogP contribution in [0.3, 0.4) is 0 Å². The number of pyridine rings is 1. The quantitative estimate of drug-likeness (QED) is 0.363. The number of likely N-dealkylation sites (N-methyl/N-ethyl adjacent to an activating group) is 1. The summed E-state index contributed by atoms with van der Waals surface area (Å²) in [6.07, 6.45) is 0. The van der Waals surface area contributed by atoms with Gasteiger partial charge in [-0.05, 0) is 26.8 Å². The molecule has 0 aromatic carbocycles. The third kappa shape index (κ3) is 3.35. The van der Waals surface area contributed by atoms with Gasteiger partial charge in [0, 0.05) is 25.9 Å². The molecule has 1 atom stereocenters. The van der Waals surface area contributed by atoms with Crippen LogP contribution in [0.2, 0.25) is 0 Å². The fraction of sp³-hybridized carbons (Fsp3) is 0.538. The van der Waals surface area contributed by atoms with Gasteiger partial charge in [0.2, 0.25) is 0 Å². The SMILES string of the molecule is COCC(C)N(C)c1cc(C)nc(C)c1/C(N)=N/O. The third-order valence-electron chi connectivity index (χ3n) is 3.12. The maximum absolute atomic E-state index is 8.92. The van der Waals surface area contributed by atoms with E-state index in [9.17, 15) is 0 Å². The van der Waals surface area contributed by atoms with E-state index in [0.717, 1.165) is 17.1 Å². The summed E-state index contributed by atoms with van der Waals surface area (Å²) in [5, 5.41) is 12.0. The van der Waals surface area contributed by atoms with E-state index >= 15 is 0 Å². The van der Waals surface area contributed by atoms with Gasteiger partial charge < -0.3 is 20.6 Å². The lowest BCUT2D eigenvalue weighted by Crippen LogP contribution is -2.35. The molecule has 0 aliphatic heterocycles. The molecule has 0 aliphatic rings. The van der Waals surface area contributed by atoms with E-state index < -0.39 is 0 Å². The number of anilines is 1. The number of ether oxygens (including phenoxy) is 1. The molecule has 1 aromatic heterocycles. The lowest BCUT2D eigenvalue weighted by atomic mass is 10.1. The second-order valence-corrected chi connectivity index (χ2v) is 4.64. The number of hydrogen-bond acceptors (Lipinski definition) is 5. The first kappa shape index (κ1) is 15.2. The molecule has 19 heavy (non-hydrogen) atoms. The first-order valence-corrected chi connectivity index (χ1v) is 6.10. The number of oxime groups is 1. The first-order valence-electron chi connectivity index (χ1n) is 6.10. The van der Waals surface area contributed by atoms with Gasteiger partial charge in [0.25, 0.3) is 0 Å². The summed E-state index contributed by atoms with van der Waals surface area (Å²) in [4.78, 5) is 6.40. The van der Waals surface area contributed by atoms with Gasteiger partial charge in [-0.1, -0.05) is 5.16 Å². The molecule has 0 radical (unpaired) electrons. The Labute approximate surface area is 113 Å². The normalized spacial score (nSPS) is 13.4. The Hall–Kier alpha value is -1.82. The Bertz CT molecular complexity index is 474. The molecule has 0 spiro atoms. The second kappa shape index (κ2) is 6.38. The minimum atomic E-state index is 0.0662. The number of methoxy groups -OCH3 is 1. The van der Waals surface area contributed by atoms with Crippen molar-refractivity contribution in [2.75, 3.05) is 25.7 Å². The van der Waals surface area contributed by atoms with Crippen molar-refractivity contribution in [1.82, 2.24) is 4.98 Å². The molecule has 1 unspecified atom stereocenters. The van der Waals surface area contributed by atoms with Gasteiger partial charge in [0.15, 0.2) is 5.84 Å². The Kier molecular flexibility index (Phi) is 5.11. The van der Waals surface area contributed by atoms with Crippen LogP contribution in [0.5, 0.6) is 0 Å². The molecule has 6 heteroatoms. The van der Waals surface area contributed by atoms with Crippen LogP contribution in [0.4, 0.5) is 5.69 Å². The third-order valence-corrected chi connectivity index (χ3v) is 3.12. The van der Waals surface area contributed by atoms with Crippen LogP contribution in [0.15, 0.2) is 11.2 Å². The van der Waals surface area contributed by atoms with Crippen LogP contribution in [0.25, 0.3) is 0 Å². The molecule has 1 heterocycles. The molecule has 0 amide bonds. The number of aromatic nitrogens is 1. The Morgan fingerprint density at radius 3 is 2.74 bits per heavy atom. The molecule has 3 N–H and O–H groups in total. The van der Waals surface area contributed by atoms with Crippen LogP contribution in [-0.2, 0) is 4.74 Å². The van der Waals surface area contributed by atoms with Crippen LogP contribution in [-0.4, -0.2) is 42.8 Å². The summed E-state index contributed by atoms with van der Waals surface area (Å²) >= 11 is 0. The molecule has 0 saturated heterocycles. The van der Waals surface area contributed by atoms with Crippen molar-refractivity contribution in [1.29, 1.82) is 0 Å². The van der Waals surface area contributed by atoms with E-state index in [2.05, 4.69) is 10.1 Å². The van der Waals surface area contributed by atoms with Gasteiger partial charge in [-0.2, -0.15) is 0 Å². The molecule has 106 valence electrons. The van der Waals surface area contributed by atoms with Crippen molar-refractivity contribution >= 4 is 11.5 Å². The van der Waals surface area contributed by atoms with Crippen molar-refractivity contribution in [3.63, 3.8) is 0 Å². The van der Waals surface area contributed by atoms with E-state index in [4.69, 9.17) is 15.7 Å². The summed E-state index contributed by atoms with van der Waals surface area (Å²) in [5.41, 5.74) is 8.92. The fourth-order valence-corrected chi connectivity index (χ4v) is 2.04. The highest BCUT2D eigenvalue weighted by Crippen LogP contribution is 2.24. The van der Waals surface area contributed by atoms with Crippen LogP contribution < -0.4 is 10.6 Å². The Balaban J connectivity index is 3.32. The van der Waals surface area contributed by atoms with Gasteiger partial charge in [-0.3, -0.25) is 4.98 Å². The Morgan fingerprint density at radius 2 is 2.21 bits per heavy atom. The van der Waals surface area contributed by atoms with Crippen LogP contribution in [0.1, 0.15) is 23.9 Å². The topological polar surface area (TPSA) is 84.0 Å². The maximum Gasteiger partial charge on any atom is 0.174 e. The lowest BCUT2D eigenvalue weighted by Gasteiger charge is -2.29. The molecule has 0 saturated carbocycles. The minimum absolute atomic E-state index is 0.0662. The number of amidine groups is 1. The number of rotatable bonds is 5. The summed E-state index contributed by atoms with van der Waals surface area (Å²) in [6.45, 7) is 6.40. The summed E-state index contributed by atoms with van der Waals surface area (Å²) < 4.78 is 5.17. The smallest absolute Gasteiger partial charge is 0.174 e. The molecular formula is C13H22N4O2. The number of aryl methyl sites for hydroxylation is 2. The van der Waals surface area contributed by atoms with Crippen molar-refractivity contribution in [3.05, 3.63) is 23.0 Å². The zero-order valence-corrected chi connectivity index (χ0v) is 12.1. The predicted octanol–water partition coefficient (Wildman–Crippen LogP) is 1.26. The molecule has 1 aromatic rings. The molecular weight excluding hydrogens is 244 g/mol. The van der Waals surface area contributed by atoms with Gasteiger partial charge in [0.1, 0.15) is 0 Å².